The summed E-state index contributed by atoms with van der Waals surface area (Å²) < 4.78 is 10.5. The van der Waals surface area contributed by atoms with Crippen molar-refractivity contribution in [2.45, 2.75) is 19.4 Å². The molecule has 9 heteroatoms. The van der Waals surface area contributed by atoms with Gasteiger partial charge in [0, 0.05) is 25.1 Å². The minimum absolute atomic E-state index is 0.0469. The van der Waals surface area contributed by atoms with Crippen LogP contribution in [0.25, 0.3) is 0 Å². The van der Waals surface area contributed by atoms with Gasteiger partial charge in [0.05, 0.1) is 24.2 Å². The van der Waals surface area contributed by atoms with E-state index in [1.54, 1.807) is 24.3 Å². The first kappa shape index (κ1) is 20.7. The molecule has 0 radical (unpaired) electrons. The number of carbonyl (C=O) groups excluding carboxylic acids is 1. The van der Waals surface area contributed by atoms with Crippen molar-refractivity contribution in [3.05, 3.63) is 63.7 Å². The molecule has 0 unspecified atom stereocenters. The molecule has 0 bridgehead atoms. The van der Waals surface area contributed by atoms with Crippen LogP contribution in [0.5, 0.6) is 11.5 Å². The number of non-ortho nitro benzene ring substituents is 1. The van der Waals surface area contributed by atoms with E-state index in [9.17, 15) is 19.7 Å². The second kappa shape index (κ2) is 9.91. The van der Waals surface area contributed by atoms with Crippen LogP contribution in [-0.2, 0) is 11.3 Å². The Morgan fingerprint density at radius 3 is 2.50 bits per heavy atom. The molecule has 1 amide bonds. The molecule has 0 spiro atoms. The summed E-state index contributed by atoms with van der Waals surface area (Å²) in [6.07, 6.45) is 0.462. The highest BCUT2D eigenvalue weighted by Crippen LogP contribution is 2.24. The third-order valence-electron chi connectivity index (χ3n) is 3.82. The fraction of sp³-hybridized carbons (Fsp3) is 0.263. The highest BCUT2D eigenvalue weighted by molar-refractivity contribution is 5.97. The molecule has 0 aliphatic heterocycles. The maximum absolute atomic E-state index is 12.4. The molecule has 0 atom stereocenters. The van der Waals surface area contributed by atoms with Gasteiger partial charge in [0.25, 0.3) is 11.6 Å². The smallest absolute Gasteiger partial charge is 0.303 e. The Morgan fingerprint density at radius 2 is 1.89 bits per heavy atom. The standard InChI is InChI=1S/C19H20N2O7/c1-27-17-9-6-14(21(25)26)11-16(17)19(24)20-12-13-4-7-15(8-5-13)28-10-2-3-18(22)23/h4-9,11H,2-3,10,12H2,1H3,(H,20,24)(H,22,23). The average molecular weight is 388 g/mol. The van der Waals surface area contributed by atoms with E-state index in [-0.39, 0.29) is 30.0 Å². The molecule has 0 aromatic heterocycles. The van der Waals surface area contributed by atoms with E-state index in [0.29, 0.717) is 18.8 Å². The normalized spacial score (nSPS) is 10.2. The number of carboxylic acids is 1. The third kappa shape index (κ3) is 5.97. The third-order valence-corrected chi connectivity index (χ3v) is 3.82. The number of nitro benzene ring substituents is 1. The number of methoxy groups -OCH3 is 1. The molecule has 2 aromatic rings. The monoisotopic (exact) mass is 388 g/mol. The molecule has 2 rings (SSSR count). The Balaban J connectivity index is 1.93. The van der Waals surface area contributed by atoms with E-state index in [2.05, 4.69) is 5.32 Å². The lowest BCUT2D eigenvalue weighted by atomic mass is 10.1. The number of hydrogen-bond acceptors (Lipinski definition) is 6. The number of nitrogens with one attached hydrogen (secondary N) is 1. The highest BCUT2D eigenvalue weighted by atomic mass is 16.6. The molecular weight excluding hydrogens is 368 g/mol. The molecule has 28 heavy (non-hydrogen) atoms. The van der Waals surface area contributed by atoms with Crippen molar-refractivity contribution in [1.82, 2.24) is 5.32 Å². The predicted octanol–water partition coefficient (Wildman–Crippen LogP) is 2.78. The van der Waals surface area contributed by atoms with E-state index in [4.69, 9.17) is 14.6 Å². The summed E-state index contributed by atoms with van der Waals surface area (Å²) >= 11 is 0. The van der Waals surface area contributed by atoms with Crippen LogP contribution in [0.1, 0.15) is 28.8 Å². The van der Waals surface area contributed by atoms with E-state index in [0.717, 1.165) is 5.56 Å². The summed E-state index contributed by atoms with van der Waals surface area (Å²) in [7, 11) is 1.38. The summed E-state index contributed by atoms with van der Waals surface area (Å²) in [5.74, 6) is -0.515. The first-order valence-corrected chi connectivity index (χ1v) is 8.45. The number of rotatable bonds is 10. The van der Waals surface area contributed by atoms with Gasteiger partial charge in [-0.1, -0.05) is 12.1 Å². The second-order valence-corrected chi connectivity index (χ2v) is 5.81. The van der Waals surface area contributed by atoms with Gasteiger partial charge in [0.2, 0.25) is 0 Å². The lowest BCUT2D eigenvalue weighted by Crippen LogP contribution is -2.23. The summed E-state index contributed by atoms with van der Waals surface area (Å²) in [6.45, 7) is 0.513. The number of benzene rings is 2. The van der Waals surface area contributed by atoms with E-state index in [1.165, 1.54) is 25.3 Å². The van der Waals surface area contributed by atoms with Gasteiger partial charge >= 0.3 is 5.97 Å². The minimum Gasteiger partial charge on any atom is -0.496 e. The Hall–Kier alpha value is -3.62. The van der Waals surface area contributed by atoms with Crippen LogP contribution in [0.2, 0.25) is 0 Å². The largest absolute Gasteiger partial charge is 0.496 e. The summed E-state index contributed by atoms with van der Waals surface area (Å²) in [4.78, 5) is 33.2. The van der Waals surface area contributed by atoms with Crippen molar-refractivity contribution < 1.29 is 29.1 Å². The quantitative estimate of drug-likeness (QED) is 0.364. The maximum Gasteiger partial charge on any atom is 0.303 e. The SMILES string of the molecule is COc1ccc([N+](=O)[O-])cc1C(=O)NCc1ccc(OCCCC(=O)O)cc1. The van der Waals surface area contributed by atoms with E-state index >= 15 is 0 Å². The Morgan fingerprint density at radius 1 is 1.18 bits per heavy atom. The number of carboxylic acid groups (broad SMARTS) is 1. The van der Waals surface area contributed by atoms with Gasteiger partial charge in [0.1, 0.15) is 11.5 Å². The van der Waals surface area contributed by atoms with Gasteiger partial charge in [-0.05, 0) is 30.2 Å². The molecule has 0 saturated carbocycles. The zero-order valence-electron chi connectivity index (χ0n) is 15.2. The fourth-order valence-electron chi connectivity index (χ4n) is 2.38. The number of aliphatic carboxylic acids is 1. The summed E-state index contributed by atoms with van der Waals surface area (Å²) in [5.41, 5.74) is 0.682. The fourth-order valence-corrected chi connectivity index (χ4v) is 2.38. The molecule has 2 N–H and O–H groups in total. The van der Waals surface area contributed by atoms with Crippen LogP contribution in [-0.4, -0.2) is 35.6 Å². The van der Waals surface area contributed by atoms with Crippen LogP contribution in [0.15, 0.2) is 42.5 Å². The van der Waals surface area contributed by atoms with Gasteiger partial charge < -0.3 is 19.9 Å². The van der Waals surface area contributed by atoms with Crippen LogP contribution < -0.4 is 14.8 Å². The highest BCUT2D eigenvalue weighted by Gasteiger charge is 2.17. The van der Waals surface area contributed by atoms with Crippen molar-refractivity contribution in [1.29, 1.82) is 0 Å². The number of ether oxygens (including phenoxy) is 2. The molecular formula is C19H20N2O7. The Bertz CT molecular complexity index is 850. The van der Waals surface area contributed by atoms with E-state index in [1.807, 2.05) is 0 Å². The van der Waals surface area contributed by atoms with Gasteiger partial charge in [-0.15, -0.1) is 0 Å². The lowest BCUT2D eigenvalue weighted by molar-refractivity contribution is -0.384. The molecule has 0 aliphatic rings. The zero-order valence-corrected chi connectivity index (χ0v) is 15.2. The van der Waals surface area contributed by atoms with Crippen LogP contribution in [0.3, 0.4) is 0 Å². The van der Waals surface area contributed by atoms with Gasteiger partial charge in [-0.25, -0.2) is 0 Å². The van der Waals surface area contributed by atoms with Crippen LogP contribution in [0.4, 0.5) is 5.69 Å². The molecule has 0 heterocycles. The molecule has 2 aromatic carbocycles. The van der Waals surface area contributed by atoms with Crippen molar-refractivity contribution >= 4 is 17.6 Å². The van der Waals surface area contributed by atoms with Crippen LogP contribution in [0, 0.1) is 10.1 Å². The number of hydrogen-bond donors (Lipinski definition) is 2. The number of nitrogens with zero attached hydrogens (tertiary/aromatic N) is 1. The maximum atomic E-state index is 12.4. The average Bonchev–Trinajstić information content (AvgIpc) is 2.69. The molecule has 148 valence electrons. The molecule has 0 saturated heterocycles. The molecule has 0 fully saturated rings. The second-order valence-electron chi connectivity index (χ2n) is 5.81. The molecule has 0 aliphatic carbocycles. The Kier molecular flexibility index (Phi) is 7.32. The number of amides is 1. The molecule has 9 nitrogen and oxygen atoms in total. The van der Waals surface area contributed by atoms with Crippen molar-refractivity contribution in [2.24, 2.45) is 0 Å². The first-order valence-electron chi connectivity index (χ1n) is 8.45. The topological polar surface area (TPSA) is 128 Å². The van der Waals surface area contributed by atoms with Crippen molar-refractivity contribution in [3.63, 3.8) is 0 Å². The summed E-state index contributed by atoms with van der Waals surface area (Å²) in [5, 5.41) is 22.2. The van der Waals surface area contributed by atoms with Crippen molar-refractivity contribution in [2.75, 3.05) is 13.7 Å². The summed E-state index contributed by atoms with van der Waals surface area (Å²) in [6, 6.07) is 10.8. The van der Waals surface area contributed by atoms with Crippen molar-refractivity contribution in [3.8, 4) is 11.5 Å². The predicted molar refractivity (Wildman–Crippen MR) is 99.6 cm³/mol. The Labute approximate surface area is 161 Å². The number of nitro groups is 1. The van der Waals surface area contributed by atoms with Gasteiger partial charge in [-0.2, -0.15) is 0 Å². The van der Waals surface area contributed by atoms with Gasteiger partial charge in [-0.3, -0.25) is 19.7 Å². The van der Waals surface area contributed by atoms with Crippen LogP contribution >= 0.6 is 0 Å². The van der Waals surface area contributed by atoms with Gasteiger partial charge in [0.15, 0.2) is 0 Å². The zero-order chi connectivity index (χ0) is 20.5. The number of carbonyl (C=O) groups is 2. The minimum atomic E-state index is -0.866. The first-order chi connectivity index (χ1) is 13.4. The van der Waals surface area contributed by atoms with E-state index < -0.39 is 16.8 Å². The lowest BCUT2D eigenvalue weighted by Gasteiger charge is -2.10.